The van der Waals surface area contributed by atoms with Crippen molar-refractivity contribution in [3.8, 4) is 22.3 Å². The molecular formula is C57H45N. The Balaban J connectivity index is 1.15. The molecule has 9 aromatic carbocycles. The van der Waals surface area contributed by atoms with Crippen molar-refractivity contribution < 1.29 is 0 Å². The van der Waals surface area contributed by atoms with E-state index in [1.54, 1.807) is 0 Å². The lowest BCUT2D eigenvalue weighted by Crippen LogP contribution is -2.30. The Kier molecular flexibility index (Phi) is 9.88. The molecule has 2 N–H and O–H groups in total. The van der Waals surface area contributed by atoms with E-state index >= 15 is 0 Å². The van der Waals surface area contributed by atoms with E-state index in [0.29, 0.717) is 0 Å². The molecule has 58 heavy (non-hydrogen) atoms. The van der Waals surface area contributed by atoms with E-state index in [0.717, 1.165) is 33.5 Å². The third-order valence-corrected chi connectivity index (χ3v) is 11.8. The Labute approximate surface area is 342 Å². The first-order valence-electron chi connectivity index (χ1n) is 20.1. The van der Waals surface area contributed by atoms with Gasteiger partial charge >= 0.3 is 0 Å². The number of hydrogen-bond donors (Lipinski definition) is 1. The highest BCUT2D eigenvalue weighted by Gasteiger charge is 2.39. The van der Waals surface area contributed by atoms with Gasteiger partial charge in [0.05, 0.1) is 10.8 Å². The lowest BCUT2D eigenvalue weighted by molar-refractivity contribution is 0.745. The van der Waals surface area contributed by atoms with Gasteiger partial charge in [-0.1, -0.05) is 231 Å². The lowest BCUT2D eigenvalue weighted by atomic mass is 9.65. The van der Waals surface area contributed by atoms with Gasteiger partial charge in [0.1, 0.15) is 0 Å². The SMILES string of the molecule is Cc1cc(-c2ccc(C(c3ccccc3)(c3ccccc3)c3ccccc3)cc2)c(N)c(-c2ccc(C(c3ccccc3)(c3ccccc3)c3ccccc3)cc2)c1. The summed E-state index contributed by atoms with van der Waals surface area (Å²) in [5.41, 5.74) is 22.1. The number of nitrogen functional groups attached to an aromatic ring is 1. The van der Waals surface area contributed by atoms with Crippen molar-refractivity contribution in [3.05, 3.63) is 293 Å². The van der Waals surface area contributed by atoms with Gasteiger partial charge in [0.15, 0.2) is 0 Å². The topological polar surface area (TPSA) is 26.0 Å². The molecule has 0 bridgehead atoms. The van der Waals surface area contributed by atoms with E-state index in [4.69, 9.17) is 5.73 Å². The van der Waals surface area contributed by atoms with E-state index in [1.807, 2.05) is 0 Å². The van der Waals surface area contributed by atoms with Crippen LogP contribution >= 0.6 is 0 Å². The van der Waals surface area contributed by atoms with E-state index in [1.165, 1.54) is 44.5 Å². The third-order valence-electron chi connectivity index (χ3n) is 11.8. The van der Waals surface area contributed by atoms with E-state index in [9.17, 15) is 0 Å². The number of aryl methyl sites for hydroxylation is 1. The highest BCUT2D eigenvalue weighted by atomic mass is 14.6. The van der Waals surface area contributed by atoms with Crippen molar-refractivity contribution in [2.45, 2.75) is 17.8 Å². The quantitative estimate of drug-likeness (QED) is 0.110. The van der Waals surface area contributed by atoms with Gasteiger partial charge in [-0.25, -0.2) is 0 Å². The smallest absolute Gasteiger partial charge is 0.0701 e. The predicted molar refractivity (Wildman–Crippen MR) is 243 cm³/mol. The summed E-state index contributed by atoms with van der Waals surface area (Å²) in [4.78, 5) is 0. The molecule has 0 aromatic heterocycles. The first-order valence-corrected chi connectivity index (χ1v) is 20.1. The number of rotatable bonds is 10. The second kappa shape index (κ2) is 15.7. The zero-order valence-corrected chi connectivity index (χ0v) is 32.7. The molecule has 0 aliphatic rings. The summed E-state index contributed by atoms with van der Waals surface area (Å²) in [7, 11) is 0. The lowest BCUT2D eigenvalue weighted by Gasteiger charge is -2.37. The van der Waals surface area contributed by atoms with Gasteiger partial charge in [0.25, 0.3) is 0 Å². The van der Waals surface area contributed by atoms with Gasteiger partial charge in [-0.05, 0) is 80.3 Å². The molecular weight excluding hydrogens is 699 g/mol. The summed E-state index contributed by atoms with van der Waals surface area (Å²) in [6.07, 6.45) is 0. The van der Waals surface area contributed by atoms with Crippen molar-refractivity contribution >= 4 is 5.69 Å². The maximum Gasteiger partial charge on any atom is 0.0701 e. The fourth-order valence-corrected chi connectivity index (χ4v) is 9.20. The zero-order valence-electron chi connectivity index (χ0n) is 32.7. The van der Waals surface area contributed by atoms with Gasteiger partial charge in [0, 0.05) is 16.8 Å². The van der Waals surface area contributed by atoms with Crippen LogP contribution in [0.4, 0.5) is 5.69 Å². The molecule has 9 rings (SSSR count). The summed E-state index contributed by atoms with van der Waals surface area (Å²) < 4.78 is 0. The molecule has 0 aliphatic carbocycles. The summed E-state index contributed by atoms with van der Waals surface area (Å²) >= 11 is 0. The largest absolute Gasteiger partial charge is 0.398 e. The van der Waals surface area contributed by atoms with Crippen LogP contribution in [-0.2, 0) is 10.8 Å². The molecule has 0 saturated carbocycles. The molecule has 0 aliphatic heterocycles. The normalized spacial score (nSPS) is 11.6. The van der Waals surface area contributed by atoms with Crippen LogP contribution in [0.25, 0.3) is 22.3 Å². The molecule has 0 fully saturated rings. The van der Waals surface area contributed by atoms with E-state index in [2.05, 4.69) is 250 Å². The average molecular weight is 744 g/mol. The van der Waals surface area contributed by atoms with Crippen LogP contribution in [0.15, 0.2) is 243 Å². The van der Waals surface area contributed by atoms with Crippen molar-refractivity contribution in [2.24, 2.45) is 0 Å². The minimum Gasteiger partial charge on any atom is -0.398 e. The predicted octanol–water partition coefficient (Wildman–Crippen LogP) is 13.7. The van der Waals surface area contributed by atoms with Crippen molar-refractivity contribution in [3.63, 3.8) is 0 Å². The Morgan fingerprint density at radius 1 is 0.276 bits per heavy atom. The summed E-state index contributed by atoms with van der Waals surface area (Å²) in [5, 5.41) is 0. The molecule has 0 saturated heterocycles. The Morgan fingerprint density at radius 3 is 0.707 bits per heavy atom. The highest BCUT2D eigenvalue weighted by molar-refractivity contribution is 5.90. The van der Waals surface area contributed by atoms with Gasteiger partial charge in [-0.2, -0.15) is 0 Å². The Bertz CT molecular complexity index is 2340. The first kappa shape index (κ1) is 36.4. The second-order valence-electron chi connectivity index (χ2n) is 15.1. The molecule has 0 radical (unpaired) electrons. The molecule has 0 atom stereocenters. The van der Waals surface area contributed by atoms with Crippen molar-refractivity contribution in [2.75, 3.05) is 5.73 Å². The van der Waals surface area contributed by atoms with Crippen LogP contribution in [0, 0.1) is 6.92 Å². The maximum absolute atomic E-state index is 7.21. The van der Waals surface area contributed by atoms with Crippen molar-refractivity contribution in [1.29, 1.82) is 0 Å². The first-order chi connectivity index (χ1) is 28.6. The Hall–Kier alpha value is -7.22. The number of hydrogen-bond acceptors (Lipinski definition) is 1. The molecule has 1 nitrogen and oxygen atoms in total. The molecule has 0 unspecified atom stereocenters. The highest BCUT2D eigenvalue weighted by Crippen LogP contribution is 2.48. The average Bonchev–Trinajstić information content (AvgIpc) is 3.30. The number of anilines is 1. The molecule has 1 heteroatoms. The third kappa shape index (κ3) is 6.32. The standard InChI is InChI=1S/C57H45N/c1-42-40-53(43-32-36-51(37-33-43)56(45-20-8-2-9-21-45,46-22-10-3-11-23-46)47-24-12-4-13-25-47)55(58)54(41-42)44-34-38-52(39-35-44)57(48-26-14-5-15-27-48,49-28-16-6-17-29-49)50-30-18-7-19-31-50/h2-41H,58H2,1H3. The van der Waals surface area contributed by atoms with Crippen molar-refractivity contribution in [1.82, 2.24) is 0 Å². The summed E-state index contributed by atoms with van der Waals surface area (Å²) in [6, 6.07) is 87.6. The van der Waals surface area contributed by atoms with E-state index in [-0.39, 0.29) is 0 Å². The minimum atomic E-state index is -0.512. The molecule has 9 aromatic rings. The van der Waals surface area contributed by atoms with Gasteiger partial charge < -0.3 is 5.73 Å². The minimum absolute atomic E-state index is 0.512. The van der Waals surface area contributed by atoms with Crippen LogP contribution in [0.3, 0.4) is 0 Å². The monoisotopic (exact) mass is 743 g/mol. The van der Waals surface area contributed by atoms with Crippen LogP contribution in [0.1, 0.15) is 50.1 Å². The molecule has 0 amide bonds. The molecule has 0 heterocycles. The maximum atomic E-state index is 7.21. The zero-order chi connectivity index (χ0) is 39.4. The summed E-state index contributed by atoms with van der Waals surface area (Å²) in [6.45, 7) is 2.16. The van der Waals surface area contributed by atoms with Gasteiger partial charge in [0.2, 0.25) is 0 Å². The second-order valence-corrected chi connectivity index (χ2v) is 15.1. The molecule has 0 spiro atoms. The van der Waals surface area contributed by atoms with Crippen LogP contribution < -0.4 is 5.73 Å². The number of benzene rings is 9. The summed E-state index contributed by atoms with van der Waals surface area (Å²) in [5.74, 6) is 0. The van der Waals surface area contributed by atoms with E-state index < -0.39 is 10.8 Å². The van der Waals surface area contributed by atoms with Crippen LogP contribution in [-0.4, -0.2) is 0 Å². The fourth-order valence-electron chi connectivity index (χ4n) is 9.20. The van der Waals surface area contributed by atoms with Gasteiger partial charge in [-0.3, -0.25) is 0 Å². The number of nitrogens with two attached hydrogens (primary N) is 1. The van der Waals surface area contributed by atoms with Crippen LogP contribution in [0.5, 0.6) is 0 Å². The molecule has 278 valence electrons. The fraction of sp³-hybridized carbons (Fsp3) is 0.0526. The van der Waals surface area contributed by atoms with Gasteiger partial charge in [-0.15, -0.1) is 0 Å². The Morgan fingerprint density at radius 2 is 0.483 bits per heavy atom. The van der Waals surface area contributed by atoms with Crippen LogP contribution in [0.2, 0.25) is 0 Å².